The molecule has 21 heavy (non-hydrogen) atoms. The molecule has 2 rings (SSSR count). The van der Waals surface area contributed by atoms with Crippen molar-refractivity contribution in [3.63, 3.8) is 0 Å². The highest BCUT2D eigenvalue weighted by Gasteiger charge is 2.16. The van der Waals surface area contributed by atoms with Crippen LogP contribution in [0.25, 0.3) is 10.1 Å². The summed E-state index contributed by atoms with van der Waals surface area (Å²) in [5, 5.41) is 14.5. The number of hydrogen-bond donors (Lipinski definition) is 1. The molecule has 1 aromatic carbocycles. The summed E-state index contributed by atoms with van der Waals surface area (Å²) in [7, 11) is 3.57. The number of carbonyl (C=O) groups is 1. The van der Waals surface area contributed by atoms with Crippen LogP contribution in [0.4, 0.5) is 5.69 Å². The minimum absolute atomic E-state index is 0. The third-order valence-electron chi connectivity index (χ3n) is 2.97. The van der Waals surface area contributed by atoms with Gasteiger partial charge in [-0.05, 0) is 19.2 Å². The number of carbonyl (C=O) groups excluding carboxylic acids is 1. The molecule has 0 saturated heterocycles. The molecule has 0 bridgehead atoms. The quantitative estimate of drug-likeness (QED) is 0.675. The summed E-state index contributed by atoms with van der Waals surface area (Å²) in [5.74, 6) is -0.0656. The lowest BCUT2D eigenvalue weighted by atomic mass is 10.2. The number of hydrogen-bond acceptors (Lipinski definition) is 5. The Morgan fingerprint density at radius 3 is 2.76 bits per heavy atom. The number of rotatable bonds is 5. The second kappa shape index (κ2) is 7.35. The average molecular weight is 330 g/mol. The summed E-state index contributed by atoms with van der Waals surface area (Å²) in [6.45, 7) is 1.34. The maximum atomic E-state index is 12.2. The molecule has 8 heteroatoms. The number of thiophene rings is 1. The highest BCUT2D eigenvalue weighted by Crippen LogP contribution is 2.29. The number of nitrogens with zero attached hydrogens (tertiary/aromatic N) is 2. The number of benzene rings is 1. The largest absolute Gasteiger partial charge is 0.340 e. The Labute approximate surface area is 132 Å². The van der Waals surface area contributed by atoms with E-state index in [9.17, 15) is 14.9 Å². The number of likely N-dealkylation sites (N-methyl/N-ethyl adjacent to an activating group) is 2. The predicted octanol–water partition coefficient (Wildman–Crippen LogP) is 2.52. The van der Waals surface area contributed by atoms with Crippen LogP contribution in [-0.2, 0) is 0 Å². The third-order valence-corrected chi connectivity index (χ3v) is 4.07. The Hall–Kier alpha value is -1.70. The molecule has 0 fully saturated rings. The molecule has 0 aliphatic rings. The first-order valence-corrected chi connectivity index (χ1v) is 6.92. The molecule has 6 nitrogen and oxygen atoms in total. The predicted molar refractivity (Wildman–Crippen MR) is 86.6 cm³/mol. The zero-order valence-corrected chi connectivity index (χ0v) is 13.3. The third kappa shape index (κ3) is 3.90. The molecule has 0 aliphatic carbocycles. The number of nitro groups is 1. The van der Waals surface area contributed by atoms with Gasteiger partial charge in [0.05, 0.1) is 9.80 Å². The van der Waals surface area contributed by atoms with Crippen LogP contribution in [0.2, 0.25) is 0 Å². The van der Waals surface area contributed by atoms with Gasteiger partial charge in [-0.25, -0.2) is 0 Å². The van der Waals surface area contributed by atoms with Crippen LogP contribution in [0.1, 0.15) is 9.67 Å². The van der Waals surface area contributed by atoms with Gasteiger partial charge in [-0.2, -0.15) is 0 Å². The molecule has 0 aliphatic heterocycles. The lowest BCUT2D eigenvalue weighted by Crippen LogP contribution is -2.32. The van der Waals surface area contributed by atoms with E-state index in [-0.39, 0.29) is 24.0 Å². The van der Waals surface area contributed by atoms with Crippen molar-refractivity contribution >= 4 is 45.4 Å². The maximum Gasteiger partial charge on any atom is 0.270 e. The van der Waals surface area contributed by atoms with Crippen LogP contribution in [0.3, 0.4) is 0 Å². The molecule has 1 amide bonds. The van der Waals surface area contributed by atoms with Gasteiger partial charge in [-0.1, -0.05) is 0 Å². The lowest BCUT2D eigenvalue weighted by Gasteiger charge is -2.15. The summed E-state index contributed by atoms with van der Waals surface area (Å²) in [6.07, 6.45) is 0. The van der Waals surface area contributed by atoms with Crippen LogP contribution in [0.5, 0.6) is 0 Å². The van der Waals surface area contributed by atoms with E-state index in [1.165, 1.54) is 23.5 Å². The van der Waals surface area contributed by atoms with E-state index in [0.717, 1.165) is 16.6 Å². The summed E-state index contributed by atoms with van der Waals surface area (Å²) >= 11 is 1.35. The molecular formula is C13H16ClN3O3S. The number of non-ortho nitro benzene ring substituents is 1. The standard InChI is InChI=1S/C13H15N3O3S.ClH/c1-14-5-6-15(2)13(17)12-8-9-7-10(16(18)19)3-4-11(9)20-12;/h3-4,7-8,14H,5-6H2,1-2H3;1H. The number of nitro benzene ring substituents is 1. The zero-order valence-electron chi connectivity index (χ0n) is 11.7. The first kappa shape index (κ1) is 17.4. The minimum atomic E-state index is -0.433. The molecule has 0 unspecified atom stereocenters. The maximum absolute atomic E-state index is 12.2. The molecule has 1 aromatic heterocycles. The van der Waals surface area contributed by atoms with Crippen molar-refractivity contribution in [2.45, 2.75) is 0 Å². The Morgan fingerprint density at radius 2 is 2.14 bits per heavy atom. The Bertz CT molecular complexity index is 659. The Kier molecular flexibility index (Phi) is 6.07. The van der Waals surface area contributed by atoms with Gasteiger partial charge >= 0.3 is 0 Å². The molecular weight excluding hydrogens is 314 g/mol. The first-order chi connectivity index (χ1) is 9.52. The van der Waals surface area contributed by atoms with Gasteiger partial charge in [0, 0.05) is 42.4 Å². The highest BCUT2D eigenvalue weighted by atomic mass is 35.5. The second-order valence-corrected chi connectivity index (χ2v) is 5.50. The fraction of sp³-hybridized carbons (Fsp3) is 0.308. The van der Waals surface area contributed by atoms with Crippen molar-refractivity contribution in [1.29, 1.82) is 0 Å². The van der Waals surface area contributed by atoms with E-state index in [1.54, 1.807) is 24.1 Å². The van der Waals surface area contributed by atoms with Crippen LogP contribution < -0.4 is 5.32 Å². The van der Waals surface area contributed by atoms with Crippen molar-refractivity contribution in [2.75, 3.05) is 27.2 Å². The van der Waals surface area contributed by atoms with E-state index in [0.29, 0.717) is 11.4 Å². The Balaban J connectivity index is 0.00000220. The molecule has 2 aromatic rings. The molecule has 0 atom stereocenters. The normalized spacial score (nSPS) is 10.2. The van der Waals surface area contributed by atoms with Gasteiger partial charge < -0.3 is 10.2 Å². The smallest absolute Gasteiger partial charge is 0.270 e. The van der Waals surface area contributed by atoms with Gasteiger partial charge in [0.25, 0.3) is 11.6 Å². The number of amides is 1. The number of nitrogens with one attached hydrogen (secondary N) is 1. The van der Waals surface area contributed by atoms with Crippen LogP contribution in [-0.4, -0.2) is 42.9 Å². The molecule has 114 valence electrons. The van der Waals surface area contributed by atoms with Crippen molar-refractivity contribution < 1.29 is 9.72 Å². The Morgan fingerprint density at radius 1 is 1.43 bits per heavy atom. The van der Waals surface area contributed by atoms with Gasteiger partial charge in [-0.3, -0.25) is 14.9 Å². The average Bonchev–Trinajstić information content (AvgIpc) is 2.86. The monoisotopic (exact) mass is 329 g/mol. The van der Waals surface area contributed by atoms with Gasteiger partial charge in [0.2, 0.25) is 0 Å². The van der Waals surface area contributed by atoms with Gasteiger partial charge in [0.1, 0.15) is 0 Å². The van der Waals surface area contributed by atoms with Gasteiger partial charge in [-0.15, -0.1) is 23.7 Å². The van der Waals surface area contributed by atoms with Crippen LogP contribution in [0.15, 0.2) is 24.3 Å². The van der Waals surface area contributed by atoms with Crippen LogP contribution >= 0.6 is 23.7 Å². The van der Waals surface area contributed by atoms with E-state index >= 15 is 0 Å². The highest BCUT2D eigenvalue weighted by molar-refractivity contribution is 7.20. The molecule has 0 radical (unpaired) electrons. The van der Waals surface area contributed by atoms with Crippen molar-refractivity contribution in [2.24, 2.45) is 0 Å². The van der Waals surface area contributed by atoms with Crippen molar-refractivity contribution in [3.8, 4) is 0 Å². The van der Waals surface area contributed by atoms with Crippen LogP contribution in [0, 0.1) is 10.1 Å². The van der Waals surface area contributed by atoms with E-state index < -0.39 is 4.92 Å². The topological polar surface area (TPSA) is 75.5 Å². The van der Waals surface area contributed by atoms with E-state index in [1.807, 2.05) is 7.05 Å². The minimum Gasteiger partial charge on any atom is -0.340 e. The molecule has 0 saturated carbocycles. The SMILES string of the molecule is CNCCN(C)C(=O)c1cc2cc([N+](=O)[O-])ccc2s1.Cl. The van der Waals surface area contributed by atoms with Gasteiger partial charge in [0.15, 0.2) is 0 Å². The zero-order chi connectivity index (χ0) is 14.7. The summed E-state index contributed by atoms with van der Waals surface area (Å²) in [4.78, 5) is 24.8. The summed E-state index contributed by atoms with van der Waals surface area (Å²) < 4.78 is 0.876. The first-order valence-electron chi connectivity index (χ1n) is 6.11. The molecule has 1 heterocycles. The van der Waals surface area contributed by atoms with Crippen molar-refractivity contribution in [1.82, 2.24) is 10.2 Å². The molecule has 1 N–H and O–H groups in total. The molecule has 0 spiro atoms. The number of halogens is 1. The summed E-state index contributed by atoms with van der Waals surface area (Å²) in [6, 6.07) is 6.35. The fourth-order valence-electron chi connectivity index (χ4n) is 1.82. The van der Waals surface area contributed by atoms with Crippen molar-refractivity contribution in [3.05, 3.63) is 39.3 Å². The second-order valence-electron chi connectivity index (χ2n) is 4.42. The lowest BCUT2D eigenvalue weighted by molar-refractivity contribution is -0.384. The van der Waals surface area contributed by atoms with E-state index in [2.05, 4.69) is 5.32 Å². The van der Waals surface area contributed by atoms with E-state index in [4.69, 9.17) is 0 Å². The number of fused-ring (bicyclic) bond motifs is 1. The fourth-order valence-corrected chi connectivity index (χ4v) is 2.86. The summed E-state index contributed by atoms with van der Waals surface area (Å²) in [5.41, 5.74) is 0.0397.